The van der Waals surface area contributed by atoms with Crippen molar-refractivity contribution in [2.75, 3.05) is 10.3 Å². The Morgan fingerprint density at radius 3 is 2.61 bits per heavy atom. The summed E-state index contributed by atoms with van der Waals surface area (Å²) in [6.07, 6.45) is -1.49. The molecular weight excluding hydrogens is 439 g/mol. The van der Waals surface area contributed by atoms with Crippen LogP contribution >= 0.6 is 0 Å². The van der Waals surface area contributed by atoms with Gasteiger partial charge in [0.15, 0.2) is 5.92 Å². The number of amides is 2. The molecule has 4 rings (SSSR count). The monoisotopic (exact) mass is 461 g/mol. The van der Waals surface area contributed by atoms with Crippen LogP contribution in [0.25, 0.3) is 0 Å². The van der Waals surface area contributed by atoms with Gasteiger partial charge in [-0.1, -0.05) is 0 Å². The number of anilines is 2. The SMILES string of the molecule is CC1=NN(c2ccc(OC(C)F)cc2)C(=O)C1C(=O)Nc1cc(C(C)(F)F)cc2c1COC2. The van der Waals surface area contributed by atoms with Crippen molar-refractivity contribution in [1.82, 2.24) is 0 Å². The van der Waals surface area contributed by atoms with Gasteiger partial charge in [-0.05, 0) is 48.9 Å². The molecule has 0 bridgehead atoms. The van der Waals surface area contributed by atoms with Crippen molar-refractivity contribution in [3.8, 4) is 5.75 Å². The summed E-state index contributed by atoms with van der Waals surface area (Å²) in [7, 11) is 0. The quantitative estimate of drug-likeness (QED) is 0.643. The van der Waals surface area contributed by atoms with Crippen LogP contribution in [0.3, 0.4) is 0 Å². The predicted molar refractivity (Wildman–Crippen MR) is 115 cm³/mol. The van der Waals surface area contributed by atoms with Crippen molar-refractivity contribution in [3.63, 3.8) is 0 Å². The van der Waals surface area contributed by atoms with E-state index in [1.54, 1.807) is 0 Å². The van der Waals surface area contributed by atoms with Crippen LogP contribution in [-0.4, -0.2) is 23.9 Å². The van der Waals surface area contributed by atoms with Crippen LogP contribution in [0.1, 0.15) is 37.5 Å². The first-order valence-electron chi connectivity index (χ1n) is 10.3. The second-order valence-electron chi connectivity index (χ2n) is 8.01. The zero-order valence-corrected chi connectivity index (χ0v) is 18.2. The van der Waals surface area contributed by atoms with Gasteiger partial charge in [0.25, 0.3) is 11.8 Å². The highest BCUT2D eigenvalue weighted by Crippen LogP contribution is 2.36. The van der Waals surface area contributed by atoms with Gasteiger partial charge in [-0.15, -0.1) is 0 Å². The van der Waals surface area contributed by atoms with Crippen molar-refractivity contribution in [3.05, 3.63) is 53.1 Å². The number of alkyl halides is 3. The van der Waals surface area contributed by atoms with Crippen LogP contribution in [0.5, 0.6) is 5.75 Å². The molecule has 7 nitrogen and oxygen atoms in total. The number of nitrogens with one attached hydrogen (secondary N) is 1. The van der Waals surface area contributed by atoms with E-state index in [-0.39, 0.29) is 35.9 Å². The Morgan fingerprint density at radius 2 is 1.97 bits per heavy atom. The van der Waals surface area contributed by atoms with Crippen LogP contribution in [0.15, 0.2) is 41.5 Å². The molecule has 2 aromatic rings. The van der Waals surface area contributed by atoms with Gasteiger partial charge in [0.2, 0.25) is 12.3 Å². The largest absolute Gasteiger partial charge is 0.461 e. The molecule has 10 heteroatoms. The molecule has 2 amide bonds. The third-order valence-corrected chi connectivity index (χ3v) is 5.38. The zero-order valence-electron chi connectivity index (χ0n) is 18.2. The number of carbonyl (C=O) groups is 2. The molecule has 2 atom stereocenters. The topological polar surface area (TPSA) is 80.2 Å². The lowest BCUT2D eigenvalue weighted by molar-refractivity contribution is -0.127. The molecule has 0 fully saturated rings. The molecule has 0 saturated carbocycles. The lowest BCUT2D eigenvalue weighted by Gasteiger charge is -2.18. The van der Waals surface area contributed by atoms with E-state index in [1.807, 2.05) is 0 Å². The first kappa shape index (κ1) is 22.8. The smallest absolute Gasteiger partial charge is 0.270 e. The highest BCUT2D eigenvalue weighted by molar-refractivity contribution is 6.28. The summed E-state index contributed by atoms with van der Waals surface area (Å²) in [6, 6.07) is 8.57. The molecule has 0 aromatic heterocycles. The molecule has 0 spiro atoms. The number of carbonyl (C=O) groups excluding carboxylic acids is 2. The van der Waals surface area contributed by atoms with E-state index < -0.39 is 30.0 Å². The molecule has 2 aliphatic rings. The van der Waals surface area contributed by atoms with Crippen LogP contribution < -0.4 is 15.1 Å². The number of nitrogens with zero attached hydrogens (tertiary/aromatic N) is 2. The van der Waals surface area contributed by atoms with Crippen molar-refractivity contribution < 1.29 is 32.2 Å². The summed E-state index contributed by atoms with van der Waals surface area (Å²) >= 11 is 0. The Bertz CT molecular complexity index is 1130. The average Bonchev–Trinajstić information content (AvgIpc) is 3.31. The van der Waals surface area contributed by atoms with E-state index in [1.165, 1.54) is 50.2 Å². The second kappa shape index (κ2) is 8.51. The van der Waals surface area contributed by atoms with Gasteiger partial charge in [-0.3, -0.25) is 9.59 Å². The molecular formula is C23H22F3N3O4. The first-order valence-corrected chi connectivity index (χ1v) is 10.3. The maximum atomic E-state index is 13.9. The van der Waals surface area contributed by atoms with Crippen LogP contribution in [0.2, 0.25) is 0 Å². The number of hydrazone groups is 1. The molecule has 2 heterocycles. The number of hydrogen-bond donors (Lipinski definition) is 1. The number of halogens is 3. The maximum Gasteiger partial charge on any atom is 0.270 e. The molecule has 0 saturated heterocycles. The Kier molecular flexibility index (Phi) is 5.87. The van der Waals surface area contributed by atoms with Crippen LogP contribution in [-0.2, 0) is 33.5 Å². The van der Waals surface area contributed by atoms with E-state index in [0.29, 0.717) is 16.8 Å². The van der Waals surface area contributed by atoms with Gasteiger partial charge in [-0.2, -0.15) is 10.1 Å². The third kappa shape index (κ3) is 4.56. The fraction of sp³-hybridized carbons (Fsp3) is 0.348. The van der Waals surface area contributed by atoms with Crippen LogP contribution in [0, 0.1) is 5.92 Å². The van der Waals surface area contributed by atoms with Gasteiger partial charge < -0.3 is 14.8 Å². The summed E-state index contributed by atoms with van der Waals surface area (Å²) in [5.74, 6) is -5.33. The molecule has 2 aromatic carbocycles. The van der Waals surface area contributed by atoms with E-state index in [0.717, 1.165) is 11.9 Å². The van der Waals surface area contributed by atoms with Crippen molar-refractivity contribution >= 4 is 28.9 Å². The number of rotatable bonds is 6. The third-order valence-electron chi connectivity index (χ3n) is 5.38. The normalized spacial score (nSPS) is 18.7. The number of benzene rings is 2. The van der Waals surface area contributed by atoms with Crippen molar-refractivity contribution in [2.45, 2.75) is 46.3 Å². The van der Waals surface area contributed by atoms with Gasteiger partial charge in [0.05, 0.1) is 24.6 Å². The number of ether oxygens (including phenoxy) is 2. The van der Waals surface area contributed by atoms with Crippen molar-refractivity contribution in [1.29, 1.82) is 0 Å². The van der Waals surface area contributed by atoms with Gasteiger partial charge >= 0.3 is 0 Å². The van der Waals surface area contributed by atoms with E-state index in [4.69, 9.17) is 9.47 Å². The first-order chi connectivity index (χ1) is 15.5. The minimum absolute atomic E-state index is 0.166. The van der Waals surface area contributed by atoms with Crippen LogP contribution in [0.4, 0.5) is 24.5 Å². The molecule has 174 valence electrons. The minimum atomic E-state index is -3.11. The van der Waals surface area contributed by atoms with E-state index in [2.05, 4.69) is 10.4 Å². The number of hydrogen-bond acceptors (Lipinski definition) is 5. The fourth-order valence-corrected chi connectivity index (χ4v) is 3.77. The summed E-state index contributed by atoms with van der Waals surface area (Å²) in [5.41, 5.74) is 1.73. The fourth-order valence-electron chi connectivity index (χ4n) is 3.77. The Hall–Kier alpha value is -3.40. The molecule has 2 aliphatic heterocycles. The summed E-state index contributed by atoms with van der Waals surface area (Å²) < 4.78 is 51.2. The van der Waals surface area contributed by atoms with E-state index >= 15 is 0 Å². The molecule has 1 N–H and O–H groups in total. The highest BCUT2D eigenvalue weighted by atomic mass is 19.3. The highest BCUT2D eigenvalue weighted by Gasteiger charge is 2.40. The van der Waals surface area contributed by atoms with Gasteiger partial charge in [-0.25, -0.2) is 13.2 Å². The summed E-state index contributed by atoms with van der Waals surface area (Å²) in [6.45, 7) is 3.89. The second-order valence-corrected chi connectivity index (χ2v) is 8.01. The maximum absolute atomic E-state index is 13.9. The molecule has 33 heavy (non-hydrogen) atoms. The Balaban J connectivity index is 1.55. The number of fused-ring (bicyclic) bond motifs is 1. The Morgan fingerprint density at radius 1 is 1.27 bits per heavy atom. The molecule has 2 unspecified atom stereocenters. The van der Waals surface area contributed by atoms with Gasteiger partial charge in [0.1, 0.15) is 5.75 Å². The molecule has 0 aliphatic carbocycles. The van der Waals surface area contributed by atoms with Crippen molar-refractivity contribution in [2.24, 2.45) is 11.0 Å². The zero-order chi connectivity index (χ0) is 23.9. The lowest BCUT2D eigenvalue weighted by atomic mass is 9.99. The average molecular weight is 461 g/mol. The summed E-state index contributed by atoms with van der Waals surface area (Å²) in [4.78, 5) is 26.0. The summed E-state index contributed by atoms with van der Waals surface area (Å²) in [5, 5.41) is 7.88. The Labute approximate surface area is 188 Å². The minimum Gasteiger partial charge on any atom is -0.461 e. The predicted octanol–water partition coefficient (Wildman–Crippen LogP) is 4.50. The molecule has 0 radical (unpaired) electrons. The van der Waals surface area contributed by atoms with Gasteiger partial charge in [0, 0.05) is 30.7 Å². The lowest BCUT2D eigenvalue weighted by Crippen LogP contribution is -2.36. The standard InChI is InChI=1S/C23H22F3N3O4/c1-12-20(22(31)29(28-12)16-4-6-17(7-5-16)33-13(2)24)21(30)27-19-9-15(23(3,25)26)8-14-10-32-11-18(14)19/h4-9,13,20H,10-11H2,1-3H3,(H,27,30). The van der Waals surface area contributed by atoms with E-state index in [9.17, 15) is 22.8 Å².